The molecule has 0 spiro atoms. The van der Waals surface area contributed by atoms with E-state index < -0.39 is 17.7 Å². The zero-order valence-electron chi connectivity index (χ0n) is 6.89. The molecule has 1 rings (SSSR count). The third kappa shape index (κ3) is 2.77. The first-order valence-corrected chi connectivity index (χ1v) is 3.60. The number of aromatic amines is 1. The minimum absolute atomic E-state index is 0.0851. The Morgan fingerprint density at radius 1 is 1.50 bits per heavy atom. The molecule has 1 aromatic heterocycles. The van der Waals surface area contributed by atoms with E-state index in [4.69, 9.17) is 5.73 Å². The number of nitrogens with one attached hydrogen (secondary N) is 1. The Morgan fingerprint density at radius 3 is 2.64 bits per heavy atom. The Morgan fingerprint density at radius 2 is 2.14 bits per heavy atom. The summed E-state index contributed by atoms with van der Waals surface area (Å²) in [5.74, 6) is -0.566. The zero-order valence-corrected chi connectivity index (χ0v) is 6.89. The van der Waals surface area contributed by atoms with Crippen molar-refractivity contribution in [2.45, 2.75) is 12.9 Å². The van der Waals surface area contributed by atoms with E-state index in [9.17, 15) is 18.0 Å². The highest BCUT2D eigenvalue weighted by atomic mass is 19.4. The molecule has 0 saturated carbocycles. The van der Waals surface area contributed by atoms with E-state index in [2.05, 4.69) is 9.72 Å². The molecular formula is C7H7F3N2O2. The van der Waals surface area contributed by atoms with Gasteiger partial charge in [-0.3, -0.25) is 4.79 Å². The second-order valence-corrected chi connectivity index (χ2v) is 2.44. The van der Waals surface area contributed by atoms with E-state index in [1.54, 1.807) is 0 Å². The van der Waals surface area contributed by atoms with Crippen LogP contribution in [-0.4, -0.2) is 11.3 Å². The van der Waals surface area contributed by atoms with Crippen molar-refractivity contribution >= 4 is 0 Å². The lowest BCUT2D eigenvalue weighted by molar-refractivity contribution is -0.274. The van der Waals surface area contributed by atoms with Crippen molar-refractivity contribution in [1.29, 1.82) is 0 Å². The van der Waals surface area contributed by atoms with Crippen LogP contribution < -0.4 is 16.0 Å². The maximum atomic E-state index is 11.8. The lowest BCUT2D eigenvalue weighted by Crippen LogP contribution is -2.20. The summed E-state index contributed by atoms with van der Waals surface area (Å²) in [5.41, 5.74) is 4.56. The molecule has 0 radical (unpaired) electrons. The van der Waals surface area contributed by atoms with Gasteiger partial charge in [0.05, 0.1) is 0 Å². The van der Waals surface area contributed by atoms with Gasteiger partial charge in [0, 0.05) is 24.4 Å². The van der Waals surface area contributed by atoms with Gasteiger partial charge in [0.1, 0.15) is 5.75 Å². The monoisotopic (exact) mass is 208 g/mol. The van der Waals surface area contributed by atoms with Crippen molar-refractivity contribution in [3.8, 4) is 5.75 Å². The molecular weight excluding hydrogens is 201 g/mol. The van der Waals surface area contributed by atoms with Crippen LogP contribution in [0.1, 0.15) is 5.56 Å². The zero-order chi connectivity index (χ0) is 10.8. The van der Waals surface area contributed by atoms with Gasteiger partial charge in [-0.1, -0.05) is 0 Å². The first kappa shape index (κ1) is 10.6. The van der Waals surface area contributed by atoms with Crippen molar-refractivity contribution in [1.82, 2.24) is 4.98 Å². The molecule has 0 bridgehead atoms. The van der Waals surface area contributed by atoms with Gasteiger partial charge in [0.25, 0.3) is 5.56 Å². The Labute approximate surface area is 76.5 Å². The standard InChI is InChI=1S/C7H7F3N2O2/c8-7(9,10)14-5-1-6(13)12-3-4(5)2-11/h1,3H,2,11H2,(H,12,13). The van der Waals surface area contributed by atoms with Gasteiger partial charge in [-0.25, -0.2) is 0 Å². The molecule has 0 fully saturated rings. The van der Waals surface area contributed by atoms with E-state index in [1.165, 1.54) is 0 Å². The number of alkyl halides is 3. The quantitative estimate of drug-likeness (QED) is 0.752. The second-order valence-electron chi connectivity index (χ2n) is 2.44. The van der Waals surface area contributed by atoms with Crippen molar-refractivity contribution in [3.05, 3.63) is 28.2 Å². The molecule has 1 heterocycles. The Hall–Kier alpha value is -1.50. The number of halogens is 3. The van der Waals surface area contributed by atoms with Crippen molar-refractivity contribution in [2.75, 3.05) is 0 Å². The fraction of sp³-hybridized carbons (Fsp3) is 0.286. The van der Waals surface area contributed by atoms with Gasteiger partial charge in [-0.05, 0) is 0 Å². The van der Waals surface area contributed by atoms with Crippen LogP contribution >= 0.6 is 0 Å². The van der Waals surface area contributed by atoms with Crippen molar-refractivity contribution in [3.63, 3.8) is 0 Å². The third-order valence-corrected chi connectivity index (χ3v) is 1.41. The maximum absolute atomic E-state index is 11.8. The summed E-state index contributed by atoms with van der Waals surface area (Å²) in [6.45, 7) is -0.151. The van der Waals surface area contributed by atoms with Crippen LogP contribution in [0.3, 0.4) is 0 Å². The molecule has 0 atom stereocenters. The van der Waals surface area contributed by atoms with E-state index in [-0.39, 0.29) is 12.1 Å². The van der Waals surface area contributed by atoms with E-state index in [1.807, 2.05) is 0 Å². The molecule has 3 N–H and O–H groups in total. The fourth-order valence-electron chi connectivity index (χ4n) is 0.862. The molecule has 0 saturated heterocycles. The summed E-state index contributed by atoms with van der Waals surface area (Å²) >= 11 is 0. The predicted octanol–water partition coefficient (Wildman–Crippen LogP) is 0.732. The number of hydrogen-bond acceptors (Lipinski definition) is 3. The summed E-state index contributed by atoms with van der Waals surface area (Å²) in [4.78, 5) is 12.9. The highest BCUT2D eigenvalue weighted by molar-refractivity contribution is 5.29. The minimum Gasteiger partial charge on any atom is -0.405 e. The first-order chi connectivity index (χ1) is 6.42. The lowest BCUT2D eigenvalue weighted by atomic mass is 10.2. The average molecular weight is 208 g/mol. The minimum atomic E-state index is -4.82. The third-order valence-electron chi connectivity index (χ3n) is 1.41. The molecule has 1 aromatic rings. The summed E-state index contributed by atoms with van der Waals surface area (Å²) in [7, 11) is 0. The highest BCUT2D eigenvalue weighted by Crippen LogP contribution is 2.23. The second kappa shape index (κ2) is 3.70. The van der Waals surface area contributed by atoms with Crippen LogP contribution in [0.25, 0.3) is 0 Å². The van der Waals surface area contributed by atoms with E-state index in [0.29, 0.717) is 6.07 Å². The Bertz CT molecular complexity index is 372. The van der Waals surface area contributed by atoms with Crippen molar-refractivity contribution < 1.29 is 17.9 Å². The molecule has 0 aromatic carbocycles. The lowest BCUT2D eigenvalue weighted by Gasteiger charge is -2.11. The smallest absolute Gasteiger partial charge is 0.405 e. The Kier molecular flexibility index (Phi) is 2.80. The largest absolute Gasteiger partial charge is 0.573 e. The molecule has 0 unspecified atom stereocenters. The molecule has 0 aliphatic heterocycles. The van der Waals surface area contributed by atoms with Crippen molar-refractivity contribution in [2.24, 2.45) is 5.73 Å². The van der Waals surface area contributed by atoms with Crippen LogP contribution in [0, 0.1) is 0 Å². The van der Waals surface area contributed by atoms with Crippen LogP contribution in [0.2, 0.25) is 0 Å². The molecule has 0 aliphatic rings. The number of rotatable bonds is 2. The molecule has 0 aliphatic carbocycles. The number of hydrogen-bond donors (Lipinski definition) is 2. The molecule has 78 valence electrons. The molecule has 7 heteroatoms. The van der Waals surface area contributed by atoms with Gasteiger partial charge < -0.3 is 15.5 Å². The molecule has 4 nitrogen and oxygen atoms in total. The summed E-state index contributed by atoms with van der Waals surface area (Å²) in [6.07, 6.45) is -3.73. The normalized spacial score (nSPS) is 11.4. The number of ether oxygens (including phenoxy) is 1. The average Bonchev–Trinajstić information content (AvgIpc) is 2.01. The maximum Gasteiger partial charge on any atom is 0.573 e. The predicted molar refractivity (Wildman–Crippen MR) is 41.6 cm³/mol. The van der Waals surface area contributed by atoms with Gasteiger partial charge in [-0.2, -0.15) is 0 Å². The van der Waals surface area contributed by atoms with Gasteiger partial charge in [0.15, 0.2) is 0 Å². The number of aromatic nitrogens is 1. The SMILES string of the molecule is NCc1c[nH]c(=O)cc1OC(F)(F)F. The van der Waals surface area contributed by atoms with E-state index in [0.717, 1.165) is 6.20 Å². The topological polar surface area (TPSA) is 68.1 Å². The number of nitrogens with two attached hydrogens (primary N) is 1. The van der Waals surface area contributed by atoms with Crippen LogP contribution in [0.5, 0.6) is 5.75 Å². The molecule has 0 amide bonds. The first-order valence-electron chi connectivity index (χ1n) is 3.60. The number of H-pyrrole nitrogens is 1. The van der Waals surface area contributed by atoms with Crippen LogP contribution in [-0.2, 0) is 6.54 Å². The van der Waals surface area contributed by atoms with E-state index >= 15 is 0 Å². The van der Waals surface area contributed by atoms with Gasteiger partial charge in [-0.15, -0.1) is 13.2 Å². The van der Waals surface area contributed by atoms with Crippen LogP contribution in [0.4, 0.5) is 13.2 Å². The molecule has 14 heavy (non-hydrogen) atoms. The fourth-order valence-corrected chi connectivity index (χ4v) is 0.862. The van der Waals surface area contributed by atoms with Gasteiger partial charge >= 0.3 is 6.36 Å². The summed E-state index contributed by atoms with van der Waals surface area (Å²) in [5, 5.41) is 0. The summed E-state index contributed by atoms with van der Waals surface area (Å²) < 4.78 is 39.0. The summed E-state index contributed by atoms with van der Waals surface area (Å²) in [6, 6.07) is 0.704. The van der Waals surface area contributed by atoms with Gasteiger partial charge in [0.2, 0.25) is 0 Å². The van der Waals surface area contributed by atoms with Crippen LogP contribution in [0.15, 0.2) is 17.1 Å². The highest BCUT2D eigenvalue weighted by Gasteiger charge is 2.32. The number of pyridine rings is 1. The Balaban J connectivity index is 3.05.